The van der Waals surface area contributed by atoms with Gasteiger partial charge >= 0.3 is 0 Å². The molecule has 0 aliphatic carbocycles. The SMILES string of the molecule is Cc1[nH]c2ccccc2c1CC(=O)N1CCN(C(=O)C2CCCO2)CC1. The highest BCUT2D eigenvalue weighted by Crippen LogP contribution is 2.23. The maximum atomic E-state index is 12.8. The summed E-state index contributed by atoms with van der Waals surface area (Å²) in [4.78, 5) is 32.3. The van der Waals surface area contributed by atoms with Crippen molar-refractivity contribution >= 4 is 22.7 Å². The van der Waals surface area contributed by atoms with Crippen LogP contribution in [0.1, 0.15) is 24.1 Å². The van der Waals surface area contributed by atoms with E-state index in [1.54, 1.807) is 0 Å². The van der Waals surface area contributed by atoms with Crippen LogP contribution < -0.4 is 0 Å². The fourth-order valence-corrected chi connectivity index (χ4v) is 3.98. The number of nitrogens with one attached hydrogen (secondary N) is 1. The number of aromatic nitrogens is 1. The molecule has 0 spiro atoms. The number of hydrogen-bond donors (Lipinski definition) is 1. The number of nitrogens with zero attached hydrogens (tertiary/aromatic N) is 2. The van der Waals surface area contributed by atoms with Crippen molar-refractivity contribution in [3.05, 3.63) is 35.5 Å². The largest absolute Gasteiger partial charge is 0.368 e. The molecule has 0 radical (unpaired) electrons. The van der Waals surface area contributed by atoms with Gasteiger partial charge in [0.1, 0.15) is 6.10 Å². The molecule has 2 aromatic rings. The number of para-hydroxylation sites is 1. The number of piperazine rings is 1. The Hall–Kier alpha value is -2.34. The number of carbonyl (C=O) groups excluding carboxylic acids is 2. The molecule has 1 aromatic heterocycles. The lowest BCUT2D eigenvalue weighted by atomic mass is 10.1. The van der Waals surface area contributed by atoms with Crippen LogP contribution in [-0.4, -0.2) is 65.5 Å². The summed E-state index contributed by atoms with van der Waals surface area (Å²) in [5.74, 6) is 0.212. The molecule has 2 aliphatic rings. The highest BCUT2D eigenvalue weighted by Gasteiger charge is 2.31. The van der Waals surface area contributed by atoms with Crippen molar-refractivity contribution in [1.82, 2.24) is 14.8 Å². The van der Waals surface area contributed by atoms with E-state index in [9.17, 15) is 9.59 Å². The van der Waals surface area contributed by atoms with Crippen molar-refractivity contribution in [2.75, 3.05) is 32.8 Å². The Kier molecular flexibility index (Phi) is 4.68. The van der Waals surface area contributed by atoms with Gasteiger partial charge in [-0.05, 0) is 31.4 Å². The van der Waals surface area contributed by atoms with Gasteiger partial charge in [-0.3, -0.25) is 9.59 Å². The Morgan fingerprint density at radius 1 is 1.15 bits per heavy atom. The summed E-state index contributed by atoms with van der Waals surface area (Å²) in [6, 6.07) is 8.08. The molecule has 1 aromatic carbocycles. The summed E-state index contributed by atoms with van der Waals surface area (Å²) in [6.07, 6.45) is 1.90. The zero-order valence-electron chi connectivity index (χ0n) is 15.2. The van der Waals surface area contributed by atoms with E-state index < -0.39 is 0 Å². The van der Waals surface area contributed by atoms with E-state index in [1.165, 1.54) is 0 Å². The minimum absolute atomic E-state index is 0.0853. The molecule has 2 aliphatic heterocycles. The number of H-pyrrole nitrogens is 1. The topological polar surface area (TPSA) is 65.6 Å². The Bertz CT molecular complexity index is 815. The lowest BCUT2D eigenvalue weighted by Crippen LogP contribution is -2.53. The average molecular weight is 355 g/mol. The standard InChI is InChI=1S/C20H25N3O3/c1-14-16(15-5-2-3-6-17(15)21-14)13-19(24)22-8-10-23(11-9-22)20(25)18-7-4-12-26-18/h2-3,5-6,18,21H,4,7-13H2,1H3. The Morgan fingerprint density at radius 3 is 2.62 bits per heavy atom. The first-order valence-electron chi connectivity index (χ1n) is 9.38. The van der Waals surface area contributed by atoms with E-state index in [0.717, 1.165) is 35.0 Å². The maximum Gasteiger partial charge on any atom is 0.251 e. The van der Waals surface area contributed by atoms with Gasteiger partial charge in [0.15, 0.2) is 0 Å². The first-order valence-corrected chi connectivity index (χ1v) is 9.38. The molecule has 6 nitrogen and oxygen atoms in total. The number of carbonyl (C=O) groups is 2. The number of rotatable bonds is 3. The zero-order valence-corrected chi connectivity index (χ0v) is 15.2. The summed E-state index contributed by atoms with van der Waals surface area (Å²) in [6.45, 7) is 5.08. The van der Waals surface area contributed by atoms with Crippen molar-refractivity contribution in [3.63, 3.8) is 0 Å². The van der Waals surface area contributed by atoms with E-state index in [1.807, 2.05) is 34.9 Å². The Balaban J connectivity index is 1.37. The van der Waals surface area contributed by atoms with Crippen molar-refractivity contribution in [2.45, 2.75) is 32.3 Å². The summed E-state index contributed by atoms with van der Waals surface area (Å²) in [5.41, 5.74) is 3.19. The molecular weight excluding hydrogens is 330 g/mol. The maximum absolute atomic E-state index is 12.8. The number of ether oxygens (including phenoxy) is 1. The molecular formula is C20H25N3O3. The highest BCUT2D eigenvalue weighted by atomic mass is 16.5. The van der Waals surface area contributed by atoms with Gasteiger partial charge in [-0.25, -0.2) is 0 Å². The second-order valence-corrected chi connectivity index (χ2v) is 7.16. The molecule has 6 heteroatoms. The summed E-state index contributed by atoms with van der Waals surface area (Å²) in [5, 5.41) is 1.12. The van der Waals surface area contributed by atoms with Crippen LogP contribution >= 0.6 is 0 Å². The molecule has 4 rings (SSSR count). The molecule has 1 N–H and O–H groups in total. The Labute approximate surface area is 153 Å². The van der Waals surface area contributed by atoms with Gasteiger partial charge in [0.25, 0.3) is 5.91 Å². The number of aromatic amines is 1. The van der Waals surface area contributed by atoms with Crippen molar-refractivity contribution in [2.24, 2.45) is 0 Å². The van der Waals surface area contributed by atoms with E-state index >= 15 is 0 Å². The molecule has 138 valence electrons. The lowest BCUT2D eigenvalue weighted by Gasteiger charge is -2.35. The molecule has 26 heavy (non-hydrogen) atoms. The van der Waals surface area contributed by atoms with Gasteiger partial charge in [0.05, 0.1) is 6.42 Å². The minimum atomic E-state index is -0.272. The fraction of sp³-hybridized carbons (Fsp3) is 0.500. The summed E-state index contributed by atoms with van der Waals surface area (Å²) < 4.78 is 5.49. The predicted molar refractivity (Wildman–Crippen MR) is 98.9 cm³/mol. The van der Waals surface area contributed by atoms with Crippen LogP contribution in [0.15, 0.2) is 24.3 Å². The number of benzene rings is 1. The number of aryl methyl sites for hydroxylation is 1. The van der Waals surface area contributed by atoms with Gasteiger partial charge in [0.2, 0.25) is 5.91 Å². The Morgan fingerprint density at radius 2 is 1.88 bits per heavy atom. The van der Waals surface area contributed by atoms with Crippen LogP contribution in [0, 0.1) is 6.92 Å². The van der Waals surface area contributed by atoms with Crippen LogP contribution in [0.25, 0.3) is 10.9 Å². The lowest BCUT2D eigenvalue weighted by molar-refractivity contribution is -0.145. The molecule has 0 bridgehead atoms. The van der Waals surface area contributed by atoms with Crippen LogP contribution in [-0.2, 0) is 20.7 Å². The molecule has 1 atom stereocenters. The third kappa shape index (κ3) is 3.21. The molecule has 1 unspecified atom stereocenters. The molecule has 0 saturated carbocycles. The number of fused-ring (bicyclic) bond motifs is 1. The minimum Gasteiger partial charge on any atom is -0.368 e. The van der Waals surface area contributed by atoms with Gasteiger partial charge < -0.3 is 19.5 Å². The van der Waals surface area contributed by atoms with E-state index in [-0.39, 0.29) is 17.9 Å². The van der Waals surface area contributed by atoms with Gasteiger partial charge in [0, 0.05) is 49.4 Å². The number of amides is 2. The first kappa shape index (κ1) is 17.1. The van der Waals surface area contributed by atoms with Gasteiger partial charge in [-0.2, -0.15) is 0 Å². The average Bonchev–Trinajstić information content (AvgIpc) is 3.30. The van der Waals surface area contributed by atoms with Crippen LogP contribution in [0.4, 0.5) is 0 Å². The van der Waals surface area contributed by atoms with Gasteiger partial charge in [-0.1, -0.05) is 18.2 Å². The first-order chi connectivity index (χ1) is 12.6. The van der Waals surface area contributed by atoms with E-state index in [2.05, 4.69) is 11.1 Å². The smallest absolute Gasteiger partial charge is 0.251 e. The molecule has 2 fully saturated rings. The third-order valence-electron chi connectivity index (χ3n) is 5.50. The molecule has 2 saturated heterocycles. The fourth-order valence-electron chi connectivity index (χ4n) is 3.98. The molecule has 3 heterocycles. The highest BCUT2D eigenvalue weighted by molar-refractivity contribution is 5.90. The van der Waals surface area contributed by atoms with Crippen LogP contribution in [0.3, 0.4) is 0 Å². The summed E-state index contributed by atoms with van der Waals surface area (Å²) >= 11 is 0. The monoisotopic (exact) mass is 355 g/mol. The van der Waals surface area contributed by atoms with Crippen molar-refractivity contribution in [3.8, 4) is 0 Å². The van der Waals surface area contributed by atoms with Gasteiger partial charge in [-0.15, -0.1) is 0 Å². The normalized spacial score (nSPS) is 20.7. The van der Waals surface area contributed by atoms with Crippen molar-refractivity contribution < 1.29 is 14.3 Å². The predicted octanol–water partition coefficient (Wildman–Crippen LogP) is 1.87. The van der Waals surface area contributed by atoms with Crippen LogP contribution in [0.5, 0.6) is 0 Å². The van der Waals surface area contributed by atoms with Crippen LogP contribution in [0.2, 0.25) is 0 Å². The second-order valence-electron chi connectivity index (χ2n) is 7.16. The summed E-state index contributed by atoms with van der Waals surface area (Å²) in [7, 11) is 0. The van der Waals surface area contributed by atoms with Crippen molar-refractivity contribution in [1.29, 1.82) is 0 Å². The quantitative estimate of drug-likeness (QED) is 0.914. The molecule has 2 amide bonds. The third-order valence-corrected chi connectivity index (χ3v) is 5.50. The zero-order chi connectivity index (χ0) is 18.1. The van der Waals surface area contributed by atoms with E-state index in [4.69, 9.17) is 4.74 Å². The number of hydrogen-bond acceptors (Lipinski definition) is 3. The second kappa shape index (κ2) is 7.11. The van der Waals surface area contributed by atoms with E-state index in [0.29, 0.717) is 39.2 Å².